The van der Waals surface area contributed by atoms with Crippen molar-refractivity contribution in [3.05, 3.63) is 48.0 Å². The molecule has 0 bridgehead atoms. The highest BCUT2D eigenvalue weighted by Crippen LogP contribution is 2.25. The molecule has 7 heteroatoms. The Morgan fingerprint density at radius 3 is 2.38 bits per heavy atom. The van der Waals surface area contributed by atoms with Gasteiger partial charge in [-0.25, -0.2) is 13.6 Å². The molecule has 0 heterocycles. The minimum Gasteiger partial charge on any atom is -0.508 e. The summed E-state index contributed by atoms with van der Waals surface area (Å²) >= 11 is 0. The lowest BCUT2D eigenvalue weighted by Crippen LogP contribution is -2.16. The van der Waals surface area contributed by atoms with Crippen LogP contribution in [0.1, 0.15) is 5.56 Å². The summed E-state index contributed by atoms with van der Waals surface area (Å²) in [5, 5.41) is 17.4. The van der Waals surface area contributed by atoms with Crippen molar-refractivity contribution in [3.8, 4) is 5.75 Å². The average Bonchev–Trinajstić information content (AvgIpc) is 2.41. The quantitative estimate of drug-likeness (QED) is 0.620. The molecule has 0 saturated heterocycles. The Hall–Kier alpha value is -2.25. The average molecular weight is 307 g/mol. The molecule has 0 unspecified atom stereocenters. The van der Waals surface area contributed by atoms with E-state index in [0.717, 1.165) is 5.56 Å². The fraction of sp³-hybridized carbons (Fsp3) is 0.143. The lowest BCUT2D eigenvalue weighted by atomic mass is 10.1. The minimum atomic E-state index is -3.83. The van der Waals surface area contributed by atoms with Crippen LogP contribution in [-0.4, -0.2) is 20.1 Å². The van der Waals surface area contributed by atoms with Crippen molar-refractivity contribution in [2.24, 2.45) is 5.14 Å². The Balaban J connectivity index is 2.05. The summed E-state index contributed by atoms with van der Waals surface area (Å²) in [6.45, 7) is 0.572. The fourth-order valence-corrected chi connectivity index (χ4v) is 2.64. The van der Waals surface area contributed by atoms with E-state index >= 15 is 0 Å². The monoisotopic (exact) mass is 307 g/mol. The molecule has 0 saturated carbocycles. The Morgan fingerprint density at radius 1 is 1.10 bits per heavy atom. The number of phenols is 1. The van der Waals surface area contributed by atoms with E-state index < -0.39 is 10.0 Å². The molecule has 2 rings (SSSR count). The summed E-state index contributed by atoms with van der Waals surface area (Å²) < 4.78 is 22.8. The standard InChI is InChI=1S/C14H17N3O3S/c15-14-12(2-1-3-13(14)21(16,19)20)17-9-8-10-4-6-11(18)7-5-10/h1-7,17-18H,8-9,15H2,(H2,16,19,20). The van der Waals surface area contributed by atoms with Gasteiger partial charge in [0.15, 0.2) is 0 Å². The number of sulfonamides is 1. The Morgan fingerprint density at radius 2 is 1.76 bits per heavy atom. The van der Waals surface area contributed by atoms with E-state index in [4.69, 9.17) is 10.9 Å². The van der Waals surface area contributed by atoms with E-state index in [1.54, 1.807) is 24.3 Å². The van der Waals surface area contributed by atoms with Crippen LogP contribution in [0.4, 0.5) is 11.4 Å². The van der Waals surface area contributed by atoms with Gasteiger partial charge in [-0.05, 0) is 36.2 Å². The molecule has 0 fully saturated rings. The van der Waals surface area contributed by atoms with E-state index in [-0.39, 0.29) is 16.3 Å². The van der Waals surface area contributed by atoms with E-state index in [1.807, 2.05) is 12.1 Å². The first-order valence-corrected chi connectivity index (χ1v) is 7.85. The number of para-hydroxylation sites is 1. The molecule has 6 N–H and O–H groups in total. The van der Waals surface area contributed by atoms with Gasteiger partial charge < -0.3 is 16.2 Å². The largest absolute Gasteiger partial charge is 0.508 e. The van der Waals surface area contributed by atoms with Crippen LogP contribution < -0.4 is 16.2 Å². The first-order chi connectivity index (χ1) is 9.88. The zero-order chi connectivity index (χ0) is 15.5. The molecule has 0 radical (unpaired) electrons. The second-order valence-electron chi connectivity index (χ2n) is 4.61. The molecular weight excluding hydrogens is 290 g/mol. The maximum absolute atomic E-state index is 11.4. The van der Waals surface area contributed by atoms with Crippen LogP contribution in [0.15, 0.2) is 47.4 Å². The van der Waals surface area contributed by atoms with Gasteiger partial charge in [0.2, 0.25) is 10.0 Å². The summed E-state index contributed by atoms with van der Waals surface area (Å²) in [4.78, 5) is -0.0860. The van der Waals surface area contributed by atoms with Gasteiger partial charge in [0.1, 0.15) is 10.6 Å². The molecule has 0 amide bonds. The second kappa shape index (κ2) is 6.02. The van der Waals surface area contributed by atoms with E-state index in [9.17, 15) is 13.5 Å². The van der Waals surface area contributed by atoms with Gasteiger partial charge in [0, 0.05) is 6.54 Å². The molecule has 0 spiro atoms. The number of nitrogens with two attached hydrogens (primary N) is 2. The molecule has 112 valence electrons. The maximum atomic E-state index is 11.4. The minimum absolute atomic E-state index is 0.0860. The summed E-state index contributed by atoms with van der Waals surface area (Å²) in [7, 11) is -3.83. The van der Waals surface area contributed by atoms with Crippen LogP contribution in [0.3, 0.4) is 0 Å². The van der Waals surface area contributed by atoms with Gasteiger partial charge in [-0.15, -0.1) is 0 Å². The number of aromatic hydroxyl groups is 1. The van der Waals surface area contributed by atoms with Crippen molar-refractivity contribution in [3.63, 3.8) is 0 Å². The number of rotatable bonds is 5. The van der Waals surface area contributed by atoms with Gasteiger partial charge in [-0.2, -0.15) is 0 Å². The van der Waals surface area contributed by atoms with Gasteiger partial charge >= 0.3 is 0 Å². The third-order valence-corrected chi connectivity index (χ3v) is 4.01. The van der Waals surface area contributed by atoms with Crippen molar-refractivity contribution in [1.29, 1.82) is 0 Å². The van der Waals surface area contributed by atoms with Crippen LogP contribution in [0.2, 0.25) is 0 Å². The van der Waals surface area contributed by atoms with Gasteiger partial charge in [0.25, 0.3) is 0 Å². The van der Waals surface area contributed by atoms with Crippen molar-refractivity contribution in [2.45, 2.75) is 11.3 Å². The molecule has 0 aliphatic heterocycles. The SMILES string of the molecule is Nc1c(NCCc2ccc(O)cc2)cccc1S(N)(=O)=O. The van der Waals surface area contributed by atoms with Crippen LogP contribution in [0.5, 0.6) is 5.75 Å². The maximum Gasteiger partial charge on any atom is 0.240 e. The molecule has 0 aliphatic rings. The van der Waals surface area contributed by atoms with Crippen LogP contribution in [-0.2, 0) is 16.4 Å². The summed E-state index contributed by atoms with van der Waals surface area (Å²) in [6, 6.07) is 11.5. The summed E-state index contributed by atoms with van der Waals surface area (Å²) in [5.74, 6) is 0.219. The molecule has 0 aliphatic carbocycles. The highest BCUT2D eigenvalue weighted by atomic mass is 32.2. The molecule has 21 heavy (non-hydrogen) atoms. The number of nitrogens with one attached hydrogen (secondary N) is 1. The predicted molar refractivity (Wildman–Crippen MR) is 82.5 cm³/mol. The number of hydrogen-bond acceptors (Lipinski definition) is 5. The van der Waals surface area contributed by atoms with E-state index in [1.165, 1.54) is 6.07 Å². The van der Waals surface area contributed by atoms with Crippen molar-refractivity contribution in [1.82, 2.24) is 0 Å². The van der Waals surface area contributed by atoms with Crippen LogP contribution >= 0.6 is 0 Å². The second-order valence-corrected chi connectivity index (χ2v) is 6.14. The Labute approximate surface area is 123 Å². The number of hydrogen-bond donors (Lipinski definition) is 4. The Bertz CT molecular complexity index is 728. The number of phenolic OH excluding ortho intramolecular Hbond substituents is 1. The van der Waals surface area contributed by atoms with E-state index in [2.05, 4.69) is 5.32 Å². The van der Waals surface area contributed by atoms with E-state index in [0.29, 0.717) is 18.7 Å². The third-order valence-electron chi connectivity index (χ3n) is 3.04. The highest BCUT2D eigenvalue weighted by Gasteiger charge is 2.14. The summed E-state index contributed by atoms with van der Waals surface area (Å²) in [6.07, 6.45) is 0.708. The third kappa shape index (κ3) is 3.87. The van der Waals surface area contributed by atoms with Gasteiger partial charge in [-0.1, -0.05) is 18.2 Å². The number of benzene rings is 2. The topological polar surface area (TPSA) is 118 Å². The zero-order valence-electron chi connectivity index (χ0n) is 11.3. The lowest BCUT2D eigenvalue weighted by molar-refractivity contribution is 0.475. The first-order valence-electron chi connectivity index (χ1n) is 6.31. The smallest absolute Gasteiger partial charge is 0.240 e. The predicted octanol–water partition coefficient (Wildman–Crippen LogP) is 1.28. The van der Waals surface area contributed by atoms with Crippen LogP contribution in [0.25, 0.3) is 0 Å². The normalized spacial score (nSPS) is 11.3. The Kier molecular flexibility index (Phi) is 4.35. The summed E-state index contributed by atoms with van der Waals surface area (Å²) in [5.41, 5.74) is 7.50. The first kappa shape index (κ1) is 15.1. The van der Waals surface area contributed by atoms with Crippen LogP contribution in [0, 0.1) is 0 Å². The van der Waals surface area contributed by atoms with Gasteiger partial charge in [-0.3, -0.25) is 0 Å². The van der Waals surface area contributed by atoms with Crippen molar-refractivity contribution in [2.75, 3.05) is 17.6 Å². The van der Waals surface area contributed by atoms with Crippen molar-refractivity contribution < 1.29 is 13.5 Å². The van der Waals surface area contributed by atoms with Gasteiger partial charge in [0.05, 0.1) is 11.4 Å². The van der Waals surface area contributed by atoms with Crippen molar-refractivity contribution >= 4 is 21.4 Å². The number of anilines is 2. The zero-order valence-corrected chi connectivity index (χ0v) is 12.1. The number of primary sulfonamides is 1. The number of nitrogen functional groups attached to an aromatic ring is 1. The molecule has 2 aromatic carbocycles. The molecule has 0 atom stereocenters. The lowest BCUT2D eigenvalue weighted by Gasteiger charge is -2.12. The molecular formula is C14H17N3O3S. The highest BCUT2D eigenvalue weighted by molar-refractivity contribution is 7.89. The molecule has 6 nitrogen and oxygen atoms in total. The fourth-order valence-electron chi connectivity index (χ4n) is 1.95. The molecule has 2 aromatic rings. The molecule has 0 aromatic heterocycles.